The molecule has 9 heteroatoms. The minimum atomic E-state index is -0.665. The number of hydrogen-bond donors (Lipinski definition) is 0. The number of carbonyl (C=O) groups excluding carboxylic acids is 2. The van der Waals surface area contributed by atoms with E-state index in [1.807, 2.05) is 37.3 Å². The van der Waals surface area contributed by atoms with E-state index in [4.69, 9.17) is 14.5 Å². The number of aryl methyl sites for hydroxylation is 1. The van der Waals surface area contributed by atoms with Crippen LogP contribution in [0.25, 0.3) is 16.7 Å². The first-order valence-electron chi connectivity index (χ1n) is 12.3. The Balaban J connectivity index is 2.05. The molecule has 0 saturated carbocycles. The van der Waals surface area contributed by atoms with E-state index >= 15 is 0 Å². The lowest BCUT2D eigenvalue weighted by Gasteiger charge is -2.16. The van der Waals surface area contributed by atoms with Crippen molar-refractivity contribution < 1.29 is 19.1 Å². The van der Waals surface area contributed by atoms with E-state index in [-0.39, 0.29) is 28.6 Å². The van der Waals surface area contributed by atoms with Crippen molar-refractivity contribution in [3.05, 3.63) is 87.8 Å². The Morgan fingerprint density at radius 1 is 1.08 bits per heavy atom. The van der Waals surface area contributed by atoms with Gasteiger partial charge in [-0.05, 0) is 43.5 Å². The maximum atomic E-state index is 13.5. The summed E-state index contributed by atoms with van der Waals surface area (Å²) in [5.41, 5.74) is 1.44. The number of fused-ring (bicyclic) bond motifs is 2. The van der Waals surface area contributed by atoms with Gasteiger partial charge in [0.2, 0.25) is 0 Å². The van der Waals surface area contributed by atoms with Gasteiger partial charge in [-0.2, -0.15) is 4.99 Å². The fraction of sp³-hybridized carbons (Fsp3) is 0.321. The lowest BCUT2D eigenvalue weighted by molar-refractivity contribution is -0.119. The standard InChI is InChI=1S/C28H30N4O5/c1-4-20(19-12-7-6-8-13-19)26(33)30-25-22(28(35)37-5-2)18-21-24(32(25)16-11-17-36-3)29-23-14-9-10-15-31(23)27(21)34/h6-10,12-15,18,20H,4-5,11,16-17H2,1-3H3. The third-order valence-electron chi connectivity index (χ3n) is 6.14. The second-order valence-corrected chi connectivity index (χ2v) is 8.50. The largest absolute Gasteiger partial charge is 0.462 e. The zero-order valence-electron chi connectivity index (χ0n) is 21.2. The molecule has 3 aromatic heterocycles. The normalized spacial score (nSPS) is 12.7. The molecule has 0 N–H and O–H groups in total. The third kappa shape index (κ3) is 5.36. The molecule has 0 aliphatic rings. The monoisotopic (exact) mass is 502 g/mol. The fourth-order valence-corrected chi connectivity index (χ4v) is 4.36. The van der Waals surface area contributed by atoms with E-state index in [2.05, 4.69) is 4.99 Å². The molecule has 4 aromatic rings. The van der Waals surface area contributed by atoms with E-state index in [1.54, 1.807) is 43.0 Å². The van der Waals surface area contributed by atoms with Crippen molar-refractivity contribution in [3.8, 4) is 0 Å². The second kappa shape index (κ2) is 11.7. The maximum Gasteiger partial charge on any atom is 0.341 e. The van der Waals surface area contributed by atoms with Crippen LogP contribution >= 0.6 is 0 Å². The first-order chi connectivity index (χ1) is 18.0. The van der Waals surface area contributed by atoms with Gasteiger partial charge in [0.05, 0.1) is 17.9 Å². The third-order valence-corrected chi connectivity index (χ3v) is 6.14. The van der Waals surface area contributed by atoms with Crippen molar-refractivity contribution in [3.63, 3.8) is 0 Å². The first-order valence-corrected chi connectivity index (χ1v) is 12.3. The fourth-order valence-electron chi connectivity index (χ4n) is 4.36. The molecule has 0 fully saturated rings. The van der Waals surface area contributed by atoms with Crippen molar-refractivity contribution in [1.82, 2.24) is 14.0 Å². The van der Waals surface area contributed by atoms with Crippen molar-refractivity contribution in [2.75, 3.05) is 20.3 Å². The number of carbonyl (C=O) groups is 2. The molecule has 0 saturated heterocycles. The molecule has 4 rings (SSSR count). The van der Waals surface area contributed by atoms with Gasteiger partial charge in [0, 0.05) is 26.5 Å². The van der Waals surface area contributed by atoms with Crippen LogP contribution in [-0.4, -0.2) is 46.2 Å². The van der Waals surface area contributed by atoms with Crippen LogP contribution < -0.4 is 11.0 Å². The number of hydrogen-bond acceptors (Lipinski definition) is 6. The zero-order valence-corrected chi connectivity index (χ0v) is 21.2. The summed E-state index contributed by atoms with van der Waals surface area (Å²) in [5, 5.41) is 0.227. The number of benzene rings is 1. The molecular formula is C28H30N4O5. The molecule has 9 nitrogen and oxygen atoms in total. The number of nitrogens with zero attached hydrogens (tertiary/aromatic N) is 4. The summed E-state index contributed by atoms with van der Waals surface area (Å²) >= 11 is 0. The van der Waals surface area contributed by atoms with E-state index in [9.17, 15) is 14.4 Å². The smallest absolute Gasteiger partial charge is 0.341 e. The van der Waals surface area contributed by atoms with Crippen molar-refractivity contribution in [2.45, 2.75) is 39.2 Å². The minimum absolute atomic E-state index is 0.0396. The van der Waals surface area contributed by atoms with Gasteiger partial charge >= 0.3 is 5.97 Å². The van der Waals surface area contributed by atoms with Gasteiger partial charge in [-0.15, -0.1) is 0 Å². The van der Waals surface area contributed by atoms with Gasteiger partial charge in [0.15, 0.2) is 5.49 Å². The molecule has 1 amide bonds. The van der Waals surface area contributed by atoms with Gasteiger partial charge in [-0.25, -0.2) is 9.78 Å². The molecule has 192 valence electrons. The Morgan fingerprint density at radius 3 is 2.54 bits per heavy atom. The summed E-state index contributed by atoms with van der Waals surface area (Å²) < 4.78 is 13.6. The number of esters is 1. The highest BCUT2D eigenvalue weighted by Crippen LogP contribution is 2.21. The van der Waals surface area contributed by atoms with Crippen LogP contribution in [-0.2, 0) is 20.8 Å². The highest BCUT2D eigenvalue weighted by Gasteiger charge is 2.23. The maximum absolute atomic E-state index is 13.5. The average molecular weight is 503 g/mol. The predicted molar refractivity (Wildman–Crippen MR) is 139 cm³/mol. The Hall–Kier alpha value is -4.11. The SMILES string of the molecule is CCOC(=O)c1cc2c(=O)n3ccccc3nc2n(CCCOC)c1=NC(=O)C(CC)c1ccccc1. The van der Waals surface area contributed by atoms with E-state index < -0.39 is 17.8 Å². The number of ether oxygens (including phenoxy) is 2. The molecule has 0 aliphatic carbocycles. The van der Waals surface area contributed by atoms with Gasteiger partial charge < -0.3 is 14.0 Å². The number of rotatable bonds is 9. The molecular weight excluding hydrogens is 472 g/mol. The topological polar surface area (TPSA) is 104 Å². The van der Waals surface area contributed by atoms with Crippen LogP contribution in [0.3, 0.4) is 0 Å². The van der Waals surface area contributed by atoms with Crippen LogP contribution in [0.5, 0.6) is 0 Å². The highest BCUT2D eigenvalue weighted by molar-refractivity contribution is 5.94. The number of aromatic nitrogens is 3. The Bertz CT molecular complexity index is 1560. The summed E-state index contributed by atoms with van der Waals surface area (Å²) in [6.07, 6.45) is 2.70. The molecule has 37 heavy (non-hydrogen) atoms. The zero-order chi connectivity index (χ0) is 26.4. The Morgan fingerprint density at radius 2 is 1.84 bits per heavy atom. The Labute approximate surface area is 214 Å². The lowest BCUT2D eigenvalue weighted by atomic mass is 9.96. The molecule has 3 heterocycles. The van der Waals surface area contributed by atoms with Crippen LogP contribution in [0.2, 0.25) is 0 Å². The second-order valence-electron chi connectivity index (χ2n) is 8.50. The molecule has 0 spiro atoms. The summed E-state index contributed by atoms with van der Waals surface area (Å²) in [7, 11) is 1.59. The quantitative estimate of drug-likeness (QED) is 0.197. The molecule has 0 aliphatic heterocycles. The summed E-state index contributed by atoms with van der Waals surface area (Å²) in [6.45, 7) is 4.49. The lowest BCUT2D eigenvalue weighted by Crippen LogP contribution is -2.33. The Kier molecular flexibility index (Phi) is 8.25. The van der Waals surface area contributed by atoms with Crippen molar-refractivity contribution in [1.29, 1.82) is 0 Å². The summed E-state index contributed by atoms with van der Waals surface area (Å²) in [6, 6.07) is 16.1. The molecule has 0 bridgehead atoms. The minimum Gasteiger partial charge on any atom is -0.462 e. The van der Waals surface area contributed by atoms with Crippen molar-refractivity contribution >= 4 is 28.6 Å². The molecule has 1 unspecified atom stereocenters. The van der Waals surface area contributed by atoms with Gasteiger partial charge in [-0.3, -0.25) is 14.0 Å². The molecule has 0 radical (unpaired) electrons. The average Bonchev–Trinajstić information content (AvgIpc) is 2.91. The first kappa shape index (κ1) is 26.0. The van der Waals surface area contributed by atoms with Gasteiger partial charge in [0.25, 0.3) is 11.5 Å². The van der Waals surface area contributed by atoms with Crippen LogP contribution in [0.4, 0.5) is 0 Å². The van der Waals surface area contributed by atoms with Crippen molar-refractivity contribution in [2.24, 2.45) is 4.99 Å². The van der Waals surface area contributed by atoms with Gasteiger partial charge in [0.1, 0.15) is 16.9 Å². The van der Waals surface area contributed by atoms with E-state index in [1.165, 1.54) is 10.5 Å². The predicted octanol–water partition coefficient (Wildman–Crippen LogP) is 3.48. The molecule has 1 aromatic carbocycles. The number of methoxy groups -OCH3 is 1. The van der Waals surface area contributed by atoms with Crippen LogP contribution in [0.15, 0.2) is 70.6 Å². The van der Waals surface area contributed by atoms with Gasteiger partial charge in [-0.1, -0.05) is 43.3 Å². The summed E-state index contributed by atoms with van der Waals surface area (Å²) in [4.78, 5) is 49.2. The number of pyridine rings is 2. The van der Waals surface area contributed by atoms with Crippen LogP contribution in [0, 0.1) is 0 Å². The van der Waals surface area contributed by atoms with E-state index in [0.717, 1.165) is 5.56 Å². The summed E-state index contributed by atoms with van der Waals surface area (Å²) in [5.74, 6) is -1.55. The molecule has 1 atom stereocenters. The number of amides is 1. The van der Waals surface area contributed by atoms with E-state index in [0.29, 0.717) is 37.3 Å². The highest BCUT2D eigenvalue weighted by atomic mass is 16.5. The van der Waals surface area contributed by atoms with Crippen LogP contribution in [0.1, 0.15) is 48.5 Å².